The van der Waals surface area contributed by atoms with Gasteiger partial charge in [0.1, 0.15) is 11.5 Å². The van der Waals surface area contributed by atoms with Crippen molar-refractivity contribution in [1.29, 1.82) is 0 Å². The molecule has 0 aliphatic heterocycles. The predicted octanol–water partition coefficient (Wildman–Crippen LogP) is 8.47. The van der Waals surface area contributed by atoms with Crippen molar-refractivity contribution in [3.63, 3.8) is 0 Å². The van der Waals surface area contributed by atoms with Crippen LogP contribution in [0.1, 0.15) is 122 Å². The lowest BCUT2D eigenvalue weighted by molar-refractivity contribution is 0.302. The van der Waals surface area contributed by atoms with Crippen molar-refractivity contribution in [3.05, 3.63) is 23.8 Å². The van der Waals surface area contributed by atoms with Gasteiger partial charge in [0, 0.05) is 24.4 Å². The van der Waals surface area contributed by atoms with Crippen LogP contribution >= 0.6 is 0 Å². The Morgan fingerprint density at radius 2 is 1.27 bits per heavy atom. The van der Waals surface area contributed by atoms with Gasteiger partial charge >= 0.3 is 0 Å². The van der Waals surface area contributed by atoms with Gasteiger partial charge < -0.3 is 9.84 Å². The summed E-state index contributed by atoms with van der Waals surface area (Å²) in [6.45, 7) is 6.07. The second kappa shape index (κ2) is 19.5. The molecule has 172 valence electrons. The van der Waals surface area contributed by atoms with Crippen molar-refractivity contribution >= 4 is 6.21 Å². The number of benzene rings is 1. The van der Waals surface area contributed by atoms with Crippen LogP contribution in [0.2, 0.25) is 0 Å². The zero-order chi connectivity index (χ0) is 21.7. The largest absolute Gasteiger partial charge is 0.507 e. The van der Waals surface area contributed by atoms with Crippen molar-refractivity contribution in [1.82, 2.24) is 0 Å². The quantitative estimate of drug-likeness (QED) is 0.171. The highest BCUT2D eigenvalue weighted by Gasteiger charge is 2.02. The number of phenols is 1. The number of nitrogens with zero attached hydrogens (tertiary/aromatic N) is 1. The number of aliphatic imine (C=N–C) groups is 1. The van der Waals surface area contributed by atoms with E-state index in [0.717, 1.165) is 37.3 Å². The van der Waals surface area contributed by atoms with Crippen LogP contribution in [0.3, 0.4) is 0 Å². The molecule has 0 amide bonds. The molecule has 1 aromatic carbocycles. The Morgan fingerprint density at radius 1 is 0.733 bits per heavy atom. The molecule has 0 heterocycles. The van der Waals surface area contributed by atoms with Crippen LogP contribution in [0.4, 0.5) is 0 Å². The molecule has 0 unspecified atom stereocenters. The fourth-order valence-electron chi connectivity index (χ4n) is 3.65. The molecule has 0 aromatic heterocycles. The molecule has 1 N–H and O–H groups in total. The Hall–Kier alpha value is -1.51. The summed E-state index contributed by atoms with van der Waals surface area (Å²) >= 11 is 0. The van der Waals surface area contributed by atoms with Crippen LogP contribution in [-0.4, -0.2) is 24.5 Å². The number of unbranched alkanes of at least 4 members (excludes halogenated alkanes) is 14. The van der Waals surface area contributed by atoms with E-state index in [1.165, 1.54) is 89.9 Å². The monoisotopic (exact) mass is 417 g/mol. The highest BCUT2D eigenvalue weighted by molar-refractivity contribution is 5.83. The Morgan fingerprint density at radius 3 is 1.83 bits per heavy atom. The van der Waals surface area contributed by atoms with Crippen molar-refractivity contribution in [2.75, 3.05) is 13.2 Å². The maximum Gasteiger partial charge on any atom is 0.128 e. The maximum absolute atomic E-state index is 10.2. The van der Waals surface area contributed by atoms with Gasteiger partial charge in [-0.05, 0) is 25.0 Å². The van der Waals surface area contributed by atoms with E-state index in [4.69, 9.17) is 4.74 Å². The fraction of sp³-hybridized carbons (Fsp3) is 0.741. The van der Waals surface area contributed by atoms with Crippen molar-refractivity contribution in [3.8, 4) is 11.5 Å². The minimum absolute atomic E-state index is 0.252. The van der Waals surface area contributed by atoms with Crippen LogP contribution in [0.15, 0.2) is 23.2 Å². The predicted molar refractivity (Wildman–Crippen MR) is 131 cm³/mol. The Bertz CT molecular complexity index is 542. The topological polar surface area (TPSA) is 41.8 Å². The molecular formula is C27H47NO2. The van der Waals surface area contributed by atoms with Gasteiger partial charge in [0.2, 0.25) is 0 Å². The highest BCUT2D eigenvalue weighted by atomic mass is 16.5. The first kappa shape index (κ1) is 26.5. The van der Waals surface area contributed by atoms with Gasteiger partial charge in [-0.1, -0.05) is 104 Å². The molecule has 0 fully saturated rings. The third-order valence-electron chi connectivity index (χ3n) is 5.64. The number of rotatable bonds is 20. The lowest BCUT2D eigenvalue weighted by atomic mass is 10.1. The van der Waals surface area contributed by atoms with E-state index in [9.17, 15) is 5.11 Å². The standard InChI is InChI=1S/C27H47NO2/c1-3-5-7-9-11-12-13-14-15-17-21-28-24-25-19-20-26(23-27(25)29)30-22-18-16-10-8-6-4-2/h19-20,23-24,29H,3-18,21-22H2,1-2H3. The number of phenolic OH excluding ortho intramolecular Hbond substituents is 1. The third kappa shape index (κ3) is 14.5. The van der Waals surface area contributed by atoms with Gasteiger partial charge in [-0.25, -0.2) is 0 Å². The summed E-state index contributed by atoms with van der Waals surface area (Å²) in [5, 5.41) is 10.2. The fourth-order valence-corrected chi connectivity index (χ4v) is 3.65. The second-order valence-electron chi connectivity index (χ2n) is 8.55. The minimum Gasteiger partial charge on any atom is -0.507 e. The molecule has 0 atom stereocenters. The molecule has 0 bridgehead atoms. The van der Waals surface area contributed by atoms with E-state index in [-0.39, 0.29) is 5.75 Å². The maximum atomic E-state index is 10.2. The first-order valence-corrected chi connectivity index (χ1v) is 12.7. The highest BCUT2D eigenvalue weighted by Crippen LogP contribution is 2.22. The summed E-state index contributed by atoms with van der Waals surface area (Å²) in [5.74, 6) is 0.996. The third-order valence-corrected chi connectivity index (χ3v) is 5.64. The van der Waals surface area contributed by atoms with Crippen LogP contribution in [0, 0.1) is 0 Å². The Balaban J connectivity index is 2.08. The molecule has 0 saturated heterocycles. The first-order chi connectivity index (χ1) is 14.8. The van der Waals surface area contributed by atoms with Crippen molar-refractivity contribution in [2.45, 2.75) is 117 Å². The smallest absolute Gasteiger partial charge is 0.128 e. The van der Waals surface area contributed by atoms with Crippen LogP contribution in [-0.2, 0) is 0 Å². The summed E-state index contributed by atoms with van der Waals surface area (Å²) in [5.41, 5.74) is 0.772. The van der Waals surface area contributed by atoms with Crippen LogP contribution in [0.25, 0.3) is 0 Å². The van der Waals surface area contributed by atoms with E-state index in [1.807, 2.05) is 12.1 Å². The van der Waals surface area contributed by atoms with Crippen LogP contribution in [0.5, 0.6) is 11.5 Å². The second-order valence-corrected chi connectivity index (χ2v) is 8.55. The molecule has 0 radical (unpaired) electrons. The Kier molecular flexibility index (Phi) is 17.2. The number of hydrogen-bond donors (Lipinski definition) is 1. The molecule has 0 spiro atoms. The summed E-state index contributed by atoms with van der Waals surface area (Å²) < 4.78 is 5.76. The van der Waals surface area contributed by atoms with E-state index < -0.39 is 0 Å². The summed E-state index contributed by atoms with van der Waals surface area (Å²) in [6, 6.07) is 5.53. The average molecular weight is 418 g/mol. The SMILES string of the molecule is CCCCCCCCCCCCN=Cc1ccc(OCCCCCCCC)cc1O. The molecule has 0 aliphatic rings. The van der Waals surface area contributed by atoms with Gasteiger partial charge in [0.25, 0.3) is 0 Å². The van der Waals surface area contributed by atoms with Crippen molar-refractivity contribution < 1.29 is 9.84 Å². The zero-order valence-corrected chi connectivity index (χ0v) is 19.8. The summed E-state index contributed by atoms with van der Waals surface area (Å²) in [7, 11) is 0. The molecule has 1 aromatic rings. The molecule has 3 nitrogen and oxygen atoms in total. The summed E-state index contributed by atoms with van der Waals surface area (Å²) in [6.07, 6.45) is 22.7. The lowest BCUT2D eigenvalue weighted by Crippen LogP contribution is -1.97. The number of hydrogen-bond acceptors (Lipinski definition) is 3. The van der Waals surface area contributed by atoms with E-state index in [2.05, 4.69) is 18.8 Å². The van der Waals surface area contributed by atoms with E-state index in [0.29, 0.717) is 0 Å². The van der Waals surface area contributed by atoms with E-state index in [1.54, 1.807) is 12.3 Å². The molecule has 0 aliphatic carbocycles. The molecule has 3 heteroatoms. The van der Waals surface area contributed by atoms with Gasteiger partial charge in [-0.2, -0.15) is 0 Å². The van der Waals surface area contributed by atoms with Gasteiger partial charge in [0.15, 0.2) is 0 Å². The number of aromatic hydroxyl groups is 1. The zero-order valence-electron chi connectivity index (χ0n) is 19.8. The molecule has 0 saturated carbocycles. The molecule has 1 rings (SSSR count). The van der Waals surface area contributed by atoms with Gasteiger partial charge in [-0.15, -0.1) is 0 Å². The average Bonchev–Trinajstić information content (AvgIpc) is 2.75. The normalized spacial score (nSPS) is 11.4. The molecular weight excluding hydrogens is 370 g/mol. The summed E-state index contributed by atoms with van der Waals surface area (Å²) in [4.78, 5) is 4.48. The van der Waals surface area contributed by atoms with E-state index >= 15 is 0 Å². The van der Waals surface area contributed by atoms with Crippen LogP contribution < -0.4 is 4.74 Å². The Labute approximate surface area is 186 Å². The first-order valence-electron chi connectivity index (χ1n) is 12.7. The minimum atomic E-state index is 0.252. The van der Waals surface area contributed by atoms with Crippen molar-refractivity contribution in [2.24, 2.45) is 4.99 Å². The van der Waals surface area contributed by atoms with Gasteiger partial charge in [-0.3, -0.25) is 4.99 Å². The number of ether oxygens (including phenoxy) is 1. The lowest BCUT2D eigenvalue weighted by Gasteiger charge is -2.07. The van der Waals surface area contributed by atoms with Gasteiger partial charge in [0.05, 0.1) is 6.61 Å². The molecule has 30 heavy (non-hydrogen) atoms.